The molecule has 0 spiro atoms. The summed E-state index contributed by atoms with van der Waals surface area (Å²) in [4.78, 5) is 4.43. The first-order valence-corrected chi connectivity index (χ1v) is 12.1. The van der Waals surface area contributed by atoms with E-state index in [1.54, 1.807) is 10.5 Å². The van der Waals surface area contributed by atoms with Gasteiger partial charge in [0.2, 0.25) is 10.0 Å². The van der Waals surface area contributed by atoms with Crippen LogP contribution in [0.1, 0.15) is 49.3 Å². The van der Waals surface area contributed by atoms with Crippen molar-refractivity contribution in [2.75, 3.05) is 6.54 Å². The molecule has 2 atom stereocenters. The van der Waals surface area contributed by atoms with Crippen molar-refractivity contribution in [2.24, 2.45) is 0 Å². The van der Waals surface area contributed by atoms with Gasteiger partial charge in [-0.3, -0.25) is 0 Å². The summed E-state index contributed by atoms with van der Waals surface area (Å²) in [7, 11) is -3.75. The Kier molecular flexibility index (Phi) is 6.50. The van der Waals surface area contributed by atoms with Gasteiger partial charge in [-0.1, -0.05) is 43.2 Å². The van der Waals surface area contributed by atoms with Crippen LogP contribution < -0.4 is 0 Å². The largest absolute Gasteiger partial charge is 0.388 e. The molecule has 1 fully saturated rings. The van der Waals surface area contributed by atoms with Gasteiger partial charge in [0.05, 0.1) is 18.5 Å². The third-order valence-corrected chi connectivity index (χ3v) is 7.71. The topological polar surface area (TPSA) is 88.3 Å². The van der Waals surface area contributed by atoms with Gasteiger partial charge in [0, 0.05) is 18.8 Å². The van der Waals surface area contributed by atoms with Crippen LogP contribution in [0.3, 0.4) is 0 Å². The van der Waals surface area contributed by atoms with Gasteiger partial charge in [0.25, 0.3) is 0 Å². The van der Waals surface area contributed by atoms with Crippen molar-refractivity contribution in [1.82, 2.24) is 19.1 Å². The molecule has 1 saturated heterocycles. The molecule has 3 aromatic rings. The normalized spacial score (nSPS) is 19.1. The lowest BCUT2D eigenvalue weighted by Gasteiger charge is -2.30. The second-order valence-corrected chi connectivity index (χ2v) is 9.98. The number of aryl methyl sites for hydroxylation is 1. The fourth-order valence-corrected chi connectivity index (χ4v) is 5.76. The van der Waals surface area contributed by atoms with Crippen molar-refractivity contribution >= 4 is 10.0 Å². The Bertz CT molecular complexity index is 1110. The number of rotatable bonds is 6. The van der Waals surface area contributed by atoms with Crippen LogP contribution in [0.25, 0.3) is 5.82 Å². The highest BCUT2D eigenvalue weighted by atomic mass is 32.2. The molecule has 0 amide bonds. The van der Waals surface area contributed by atoms with Gasteiger partial charge in [-0.25, -0.2) is 18.1 Å². The minimum absolute atomic E-state index is 0.150. The standard InChI is InChI=1S/C23H28N4O3S/c1-18-11-12-24-23(14-18)26-17-21(16-25-26)31(29,30)27-13-7-3-6-10-20(27)15-22(28)19-8-4-2-5-9-19/h2,4-5,8-9,11-12,14,16-17,20,22,28H,3,6-7,10,13,15H2,1H3/t20-,22-/m1/s1. The van der Waals surface area contributed by atoms with Gasteiger partial charge in [-0.15, -0.1) is 0 Å². The molecule has 0 radical (unpaired) electrons. The summed E-state index contributed by atoms with van der Waals surface area (Å²) >= 11 is 0. The molecule has 1 aromatic carbocycles. The Hall–Kier alpha value is -2.55. The first-order chi connectivity index (χ1) is 14.9. The number of nitrogens with zero attached hydrogens (tertiary/aromatic N) is 4. The highest BCUT2D eigenvalue weighted by molar-refractivity contribution is 7.89. The summed E-state index contributed by atoms with van der Waals surface area (Å²) in [5, 5.41) is 15.0. The van der Waals surface area contributed by atoms with E-state index in [1.807, 2.05) is 49.4 Å². The molecule has 0 bridgehead atoms. The number of aliphatic hydroxyl groups excluding tert-OH is 1. The predicted octanol–water partition coefficient (Wildman–Crippen LogP) is 3.63. The molecular weight excluding hydrogens is 412 g/mol. The number of sulfonamides is 1. The molecule has 0 unspecified atom stereocenters. The lowest BCUT2D eigenvalue weighted by atomic mass is 9.99. The maximum absolute atomic E-state index is 13.6. The monoisotopic (exact) mass is 440 g/mol. The summed E-state index contributed by atoms with van der Waals surface area (Å²) in [6, 6.07) is 12.9. The first kappa shape index (κ1) is 21.7. The van der Waals surface area contributed by atoms with Crippen LogP contribution in [0.4, 0.5) is 0 Å². The molecular formula is C23H28N4O3S. The molecule has 2 aromatic heterocycles. The van der Waals surface area contributed by atoms with E-state index in [1.165, 1.54) is 17.1 Å². The average molecular weight is 441 g/mol. The van der Waals surface area contributed by atoms with E-state index in [9.17, 15) is 13.5 Å². The maximum Gasteiger partial charge on any atom is 0.246 e. The second-order valence-electron chi connectivity index (χ2n) is 8.09. The number of aliphatic hydroxyl groups is 1. The van der Waals surface area contributed by atoms with E-state index >= 15 is 0 Å². The Morgan fingerprint density at radius 3 is 2.74 bits per heavy atom. The van der Waals surface area contributed by atoms with E-state index in [4.69, 9.17) is 0 Å². The summed E-state index contributed by atoms with van der Waals surface area (Å²) < 4.78 is 30.2. The molecule has 1 aliphatic heterocycles. The van der Waals surface area contributed by atoms with Gasteiger partial charge in [0.1, 0.15) is 4.90 Å². The van der Waals surface area contributed by atoms with Crippen molar-refractivity contribution in [3.8, 4) is 5.82 Å². The van der Waals surface area contributed by atoms with E-state index in [2.05, 4.69) is 10.1 Å². The van der Waals surface area contributed by atoms with Gasteiger partial charge in [0.15, 0.2) is 5.82 Å². The summed E-state index contributed by atoms with van der Waals surface area (Å²) in [5.74, 6) is 0.577. The van der Waals surface area contributed by atoms with Crippen LogP contribution in [0, 0.1) is 6.92 Å². The molecule has 3 heterocycles. The number of pyridine rings is 1. The Morgan fingerprint density at radius 2 is 1.97 bits per heavy atom. The van der Waals surface area contributed by atoms with Gasteiger partial charge < -0.3 is 5.11 Å². The molecule has 31 heavy (non-hydrogen) atoms. The minimum Gasteiger partial charge on any atom is -0.388 e. The quantitative estimate of drug-likeness (QED) is 0.632. The fraction of sp³-hybridized carbons (Fsp3) is 0.391. The van der Waals surface area contributed by atoms with Crippen molar-refractivity contribution in [3.63, 3.8) is 0 Å². The number of hydrogen-bond donors (Lipinski definition) is 1. The highest BCUT2D eigenvalue weighted by Crippen LogP contribution is 2.30. The zero-order chi connectivity index (χ0) is 21.8. The maximum atomic E-state index is 13.6. The Labute approximate surface area is 183 Å². The van der Waals surface area contributed by atoms with Crippen molar-refractivity contribution in [3.05, 3.63) is 72.2 Å². The smallest absolute Gasteiger partial charge is 0.246 e. The second kappa shape index (κ2) is 9.30. The molecule has 8 heteroatoms. The van der Waals surface area contributed by atoms with Crippen LogP contribution >= 0.6 is 0 Å². The summed E-state index contributed by atoms with van der Waals surface area (Å²) in [5.41, 5.74) is 1.83. The van der Waals surface area contributed by atoms with Crippen LogP contribution in [-0.4, -0.2) is 45.2 Å². The molecule has 0 saturated carbocycles. The van der Waals surface area contributed by atoms with E-state index in [0.29, 0.717) is 18.8 Å². The number of hydrogen-bond acceptors (Lipinski definition) is 5. The number of aromatic nitrogens is 3. The third-order valence-electron chi connectivity index (χ3n) is 5.80. The van der Waals surface area contributed by atoms with E-state index in [0.717, 1.165) is 36.8 Å². The highest BCUT2D eigenvalue weighted by Gasteiger charge is 2.34. The van der Waals surface area contributed by atoms with Gasteiger partial charge >= 0.3 is 0 Å². The van der Waals surface area contributed by atoms with E-state index < -0.39 is 16.1 Å². The van der Waals surface area contributed by atoms with Crippen LogP contribution in [0.2, 0.25) is 0 Å². The number of benzene rings is 1. The van der Waals surface area contributed by atoms with Gasteiger partial charge in [-0.05, 0) is 49.4 Å². The van der Waals surface area contributed by atoms with Crippen molar-refractivity contribution in [1.29, 1.82) is 0 Å². The van der Waals surface area contributed by atoms with E-state index in [-0.39, 0.29) is 10.9 Å². The predicted molar refractivity (Wildman–Crippen MR) is 118 cm³/mol. The zero-order valence-electron chi connectivity index (χ0n) is 17.6. The fourth-order valence-electron chi connectivity index (χ4n) is 4.12. The van der Waals surface area contributed by atoms with Gasteiger partial charge in [-0.2, -0.15) is 9.40 Å². The Balaban J connectivity index is 1.60. The third kappa shape index (κ3) is 4.87. The molecule has 0 aliphatic carbocycles. The SMILES string of the molecule is Cc1ccnc(-n2cc(S(=O)(=O)N3CCCCC[C@@H]3C[C@@H](O)c3ccccc3)cn2)c1. The lowest BCUT2D eigenvalue weighted by Crippen LogP contribution is -2.40. The lowest BCUT2D eigenvalue weighted by molar-refractivity contribution is 0.132. The molecule has 1 aliphatic rings. The average Bonchev–Trinajstić information content (AvgIpc) is 3.16. The van der Waals surface area contributed by atoms with Crippen LogP contribution in [-0.2, 0) is 10.0 Å². The summed E-state index contributed by atoms with van der Waals surface area (Å²) in [6.07, 6.45) is 7.72. The molecule has 164 valence electrons. The minimum atomic E-state index is -3.75. The molecule has 7 nitrogen and oxygen atoms in total. The molecule has 1 N–H and O–H groups in total. The zero-order valence-corrected chi connectivity index (χ0v) is 18.4. The Morgan fingerprint density at radius 1 is 1.16 bits per heavy atom. The first-order valence-electron chi connectivity index (χ1n) is 10.7. The molecule has 4 rings (SSSR count). The van der Waals surface area contributed by atoms with Crippen molar-refractivity contribution < 1.29 is 13.5 Å². The van der Waals surface area contributed by atoms with Crippen LogP contribution in [0.5, 0.6) is 0 Å². The van der Waals surface area contributed by atoms with Crippen LogP contribution in [0.15, 0.2) is 66.0 Å². The van der Waals surface area contributed by atoms with Crippen molar-refractivity contribution in [2.45, 2.75) is 56.1 Å². The summed E-state index contributed by atoms with van der Waals surface area (Å²) in [6.45, 7) is 2.40.